The molecule has 0 fully saturated rings. The fourth-order valence-corrected chi connectivity index (χ4v) is 2.97. The van der Waals surface area contributed by atoms with E-state index in [-0.39, 0.29) is 5.78 Å². The summed E-state index contributed by atoms with van der Waals surface area (Å²) in [5, 5.41) is 2.49. The van der Waals surface area contributed by atoms with Crippen LogP contribution in [0.4, 0.5) is 0 Å². The van der Waals surface area contributed by atoms with Gasteiger partial charge in [-0.2, -0.15) is 0 Å². The molecule has 0 heterocycles. The van der Waals surface area contributed by atoms with Crippen molar-refractivity contribution in [2.75, 3.05) is 0 Å². The Balaban J connectivity index is 2.14. The molecule has 1 nitrogen and oxygen atoms in total. The summed E-state index contributed by atoms with van der Waals surface area (Å²) in [5.74, 6) is 0.184. The number of hydrogen-bond donors (Lipinski definition) is 0. The molecule has 2 aromatic carbocycles. The lowest BCUT2D eigenvalue weighted by atomic mass is 9.89. The number of carbonyl (C=O) groups excluding carboxylic acids is 1. The van der Waals surface area contributed by atoms with Crippen molar-refractivity contribution in [1.82, 2.24) is 0 Å². The van der Waals surface area contributed by atoms with Crippen LogP contribution >= 0.6 is 0 Å². The molecule has 2 aromatic rings. The van der Waals surface area contributed by atoms with Crippen molar-refractivity contribution in [3.05, 3.63) is 71.3 Å². The van der Waals surface area contributed by atoms with E-state index in [0.717, 1.165) is 11.1 Å². The van der Waals surface area contributed by atoms with Crippen molar-refractivity contribution < 1.29 is 4.79 Å². The molecule has 0 atom stereocenters. The monoisotopic (exact) mass is 244 g/mol. The predicted octanol–water partition coefficient (Wildman–Crippen LogP) is 4.15. The Morgan fingerprint density at radius 2 is 1.63 bits per heavy atom. The molecule has 19 heavy (non-hydrogen) atoms. The molecule has 0 spiro atoms. The van der Waals surface area contributed by atoms with E-state index in [1.165, 1.54) is 21.9 Å². The summed E-state index contributed by atoms with van der Waals surface area (Å²) in [5.41, 5.74) is 4.73. The number of hydrogen-bond acceptors (Lipinski definition) is 1. The maximum Gasteiger partial charge on any atom is 0.160 e. The first-order valence-electron chi connectivity index (χ1n) is 6.47. The van der Waals surface area contributed by atoms with E-state index in [2.05, 4.69) is 48.6 Å². The third-order valence-electron chi connectivity index (χ3n) is 3.85. The Labute approximate surface area is 111 Å². The van der Waals surface area contributed by atoms with Crippen LogP contribution in [-0.2, 0) is 4.79 Å². The lowest BCUT2D eigenvalue weighted by Crippen LogP contribution is -2.02. The van der Waals surface area contributed by atoms with Crippen molar-refractivity contribution in [3.63, 3.8) is 0 Å². The SMILES string of the molecule is O=C1C=CC2=C(C1)c1cccc3cccc(c13)C=C2. The first-order valence-corrected chi connectivity index (χ1v) is 6.47. The molecule has 0 radical (unpaired) electrons. The van der Waals surface area contributed by atoms with Crippen LogP contribution in [0.25, 0.3) is 22.4 Å². The van der Waals surface area contributed by atoms with Crippen LogP contribution in [0.2, 0.25) is 0 Å². The molecular weight excluding hydrogens is 232 g/mol. The maximum atomic E-state index is 11.7. The molecule has 0 saturated heterocycles. The standard InChI is InChI=1S/C18H12O/c19-15-10-9-12-7-8-14-4-1-3-13-5-2-6-16(18(13)14)17(12)11-15/h1-10H,11H2. The van der Waals surface area contributed by atoms with Gasteiger partial charge >= 0.3 is 0 Å². The zero-order valence-electron chi connectivity index (χ0n) is 10.4. The van der Waals surface area contributed by atoms with E-state index in [1.54, 1.807) is 6.08 Å². The topological polar surface area (TPSA) is 17.1 Å². The van der Waals surface area contributed by atoms with Crippen molar-refractivity contribution >= 4 is 28.2 Å². The lowest BCUT2D eigenvalue weighted by molar-refractivity contribution is -0.113. The molecule has 0 aliphatic heterocycles. The molecule has 2 aliphatic carbocycles. The van der Waals surface area contributed by atoms with Crippen LogP contribution in [0.1, 0.15) is 17.5 Å². The van der Waals surface area contributed by atoms with E-state index < -0.39 is 0 Å². The number of fused-ring (bicyclic) bond motifs is 1. The summed E-state index contributed by atoms with van der Waals surface area (Å²) in [4.78, 5) is 11.7. The van der Waals surface area contributed by atoms with Gasteiger partial charge in [0.2, 0.25) is 0 Å². The van der Waals surface area contributed by atoms with Crippen LogP contribution in [0, 0.1) is 0 Å². The largest absolute Gasteiger partial charge is 0.294 e. The summed E-state index contributed by atoms with van der Waals surface area (Å²) < 4.78 is 0. The Bertz CT molecular complexity index is 798. The smallest absolute Gasteiger partial charge is 0.160 e. The highest BCUT2D eigenvalue weighted by molar-refractivity contribution is 6.09. The number of allylic oxidation sites excluding steroid dienone is 5. The van der Waals surface area contributed by atoms with Gasteiger partial charge in [-0.15, -0.1) is 0 Å². The zero-order chi connectivity index (χ0) is 12.8. The van der Waals surface area contributed by atoms with Gasteiger partial charge in [-0.1, -0.05) is 54.6 Å². The minimum atomic E-state index is 0.184. The van der Waals surface area contributed by atoms with Crippen LogP contribution in [-0.4, -0.2) is 5.78 Å². The Hall–Kier alpha value is -2.41. The highest BCUT2D eigenvalue weighted by atomic mass is 16.1. The second-order valence-corrected chi connectivity index (χ2v) is 4.99. The van der Waals surface area contributed by atoms with E-state index >= 15 is 0 Å². The van der Waals surface area contributed by atoms with Gasteiger partial charge in [0.05, 0.1) is 0 Å². The van der Waals surface area contributed by atoms with Gasteiger partial charge in [0.15, 0.2) is 5.78 Å². The average Bonchev–Trinajstić information content (AvgIpc) is 2.59. The number of ketones is 1. The second-order valence-electron chi connectivity index (χ2n) is 4.99. The van der Waals surface area contributed by atoms with E-state index in [1.807, 2.05) is 6.08 Å². The molecule has 4 rings (SSSR count). The maximum absolute atomic E-state index is 11.7. The minimum absolute atomic E-state index is 0.184. The van der Waals surface area contributed by atoms with Gasteiger partial charge in [0.25, 0.3) is 0 Å². The van der Waals surface area contributed by atoms with Crippen molar-refractivity contribution in [2.45, 2.75) is 6.42 Å². The quantitative estimate of drug-likeness (QED) is 0.680. The Kier molecular flexibility index (Phi) is 2.10. The number of benzene rings is 2. The highest BCUT2D eigenvalue weighted by Crippen LogP contribution is 2.37. The molecule has 0 bridgehead atoms. The molecule has 0 unspecified atom stereocenters. The zero-order valence-corrected chi connectivity index (χ0v) is 10.4. The van der Waals surface area contributed by atoms with Crippen molar-refractivity contribution in [1.29, 1.82) is 0 Å². The molecule has 0 N–H and O–H groups in total. The summed E-state index contributed by atoms with van der Waals surface area (Å²) in [6.07, 6.45) is 8.38. The fourth-order valence-electron chi connectivity index (χ4n) is 2.97. The van der Waals surface area contributed by atoms with Gasteiger partial charge in [-0.25, -0.2) is 0 Å². The Morgan fingerprint density at radius 1 is 0.842 bits per heavy atom. The normalized spacial score (nSPS) is 16.7. The minimum Gasteiger partial charge on any atom is -0.294 e. The van der Waals surface area contributed by atoms with Gasteiger partial charge in [-0.05, 0) is 39.1 Å². The fraction of sp³-hybridized carbons (Fsp3) is 0.0556. The third-order valence-corrected chi connectivity index (χ3v) is 3.85. The first-order chi connectivity index (χ1) is 9.33. The molecule has 2 aliphatic rings. The third kappa shape index (κ3) is 1.52. The van der Waals surface area contributed by atoms with E-state index in [0.29, 0.717) is 6.42 Å². The first kappa shape index (κ1) is 10.5. The van der Waals surface area contributed by atoms with E-state index in [4.69, 9.17) is 0 Å². The number of carbonyl (C=O) groups is 1. The summed E-state index contributed by atoms with van der Waals surface area (Å²) in [6, 6.07) is 12.7. The second kappa shape index (κ2) is 3.79. The summed E-state index contributed by atoms with van der Waals surface area (Å²) >= 11 is 0. The van der Waals surface area contributed by atoms with Crippen LogP contribution in [0.15, 0.2) is 60.2 Å². The molecule has 0 amide bonds. The Morgan fingerprint density at radius 3 is 2.53 bits per heavy atom. The summed E-state index contributed by atoms with van der Waals surface area (Å²) in [7, 11) is 0. The van der Waals surface area contributed by atoms with Crippen LogP contribution in [0.5, 0.6) is 0 Å². The summed E-state index contributed by atoms with van der Waals surface area (Å²) in [6.45, 7) is 0. The van der Waals surface area contributed by atoms with Crippen LogP contribution in [0.3, 0.4) is 0 Å². The van der Waals surface area contributed by atoms with Crippen molar-refractivity contribution in [3.8, 4) is 0 Å². The molecule has 0 saturated carbocycles. The molecular formula is C18H12O. The van der Waals surface area contributed by atoms with Crippen LogP contribution < -0.4 is 0 Å². The average molecular weight is 244 g/mol. The molecule has 1 heteroatoms. The molecule has 90 valence electrons. The van der Waals surface area contributed by atoms with Gasteiger partial charge < -0.3 is 0 Å². The highest BCUT2D eigenvalue weighted by Gasteiger charge is 2.18. The van der Waals surface area contributed by atoms with E-state index in [9.17, 15) is 4.79 Å². The van der Waals surface area contributed by atoms with Gasteiger partial charge in [-0.3, -0.25) is 4.79 Å². The van der Waals surface area contributed by atoms with Gasteiger partial charge in [0, 0.05) is 6.42 Å². The molecule has 0 aromatic heterocycles. The van der Waals surface area contributed by atoms with Gasteiger partial charge in [0.1, 0.15) is 0 Å². The lowest BCUT2D eigenvalue weighted by Gasteiger charge is -2.14. The van der Waals surface area contributed by atoms with Crippen molar-refractivity contribution in [2.24, 2.45) is 0 Å². The number of rotatable bonds is 0. The predicted molar refractivity (Wildman–Crippen MR) is 78.7 cm³/mol.